The van der Waals surface area contributed by atoms with Crippen LogP contribution in [0.5, 0.6) is 5.75 Å². The lowest BCUT2D eigenvalue weighted by molar-refractivity contribution is 0.312. The van der Waals surface area contributed by atoms with Crippen molar-refractivity contribution in [3.8, 4) is 5.75 Å². The standard InChI is InChI=1S/C24H28ClN3O3S/c1-27-10-12-28(13-11-27)18-15-21(23(26)22(16-18)31-14-9-25)24(32(29)30)20-8-4-6-17-5-2-3-7-19(17)20/h2-8,15-16,24H,9-14,26H2,1H3,(H,29,30)/p-1. The number of fused-ring (bicyclic) bond motifs is 1. The topological polar surface area (TPSA) is 81.9 Å². The molecule has 32 heavy (non-hydrogen) atoms. The first-order valence-corrected chi connectivity index (χ1v) is 12.3. The monoisotopic (exact) mass is 472 g/mol. The lowest BCUT2D eigenvalue weighted by Crippen LogP contribution is -2.44. The Kier molecular flexibility index (Phi) is 7.20. The van der Waals surface area contributed by atoms with Gasteiger partial charge in [0.2, 0.25) is 0 Å². The zero-order chi connectivity index (χ0) is 22.7. The summed E-state index contributed by atoms with van der Waals surface area (Å²) in [5, 5.41) is 0.941. The summed E-state index contributed by atoms with van der Waals surface area (Å²) in [5.41, 5.74) is 8.95. The minimum absolute atomic E-state index is 0.288. The quantitative estimate of drug-likeness (QED) is 0.320. The number of rotatable bonds is 7. The summed E-state index contributed by atoms with van der Waals surface area (Å²) in [5.74, 6) is 0.779. The molecule has 1 aliphatic heterocycles. The number of halogens is 1. The van der Waals surface area contributed by atoms with Crippen molar-refractivity contribution in [2.45, 2.75) is 5.25 Å². The molecule has 3 aromatic rings. The molecule has 1 fully saturated rings. The summed E-state index contributed by atoms with van der Waals surface area (Å²) in [7, 11) is 2.10. The van der Waals surface area contributed by atoms with Crippen LogP contribution in [-0.2, 0) is 11.1 Å². The van der Waals surface area contributed by atoms with E-state index < -0.39 is 16.3 Å². The molecule has 1 aliphatic rings. The minimum atomic E-state index is -2.44. The normalized spacial score (nSPS) is 16.8. The average molecular weight is 473 g/mol. The molecule has 1 heterocycles. The number of hydrogen-bond donors (Lipinski definition) is 1. The van der Waals surface area contributed by atoms with E-state index in [0.717, 1.165) is 42.6 Å². The maximum Gasteiger partial charge on any atom is 0.144 e. The van der Waals surface area contributed by atoms with E-state index in [1.165, 1.54) is 0 Å². The van der Waals surface area contributed by atoms with E-state index in [1.54, 1.807) is 0 Å². The molecule has 2 N–H and O–H groups in total. The van der Waals surface area contributed by atoms with Gasteiger partial charge in [-0.1, -0.05) is 42.5 Å². The van der Waals surface area contributed by atoms with Gasteiger partial charge in [0.1, 0.15) is 12.4 Å². The molecule has 8 heteroatoms. The zero-order valence-corrected chi connectivity index (χ0v) is 19.6. The van der Waals surface area contributed by atoms with Gasteiger partial charge in [0, 0.05) is 37.9 Å². The van der Waals surface area contributed by atoms with Crippen LogP contribution >= 0.6 is 11.6 Å². The predicted octanol–water partition coefficient (Wildman–Crippen LogP) is 3.76. The molecule has 0 radical (unpaired) electrons. The average Bonchev–Trinajstić information content (AvgIpc) is 2.80. The van der Waals surface area contributed by atoms with E-state index in [2.05, 4.69) is 16.8 Å². The Morgan fingerprint density at radius 3 is 2.53 bits per heavy atom. The van der Waals surface area contributed by atoms with Crippen molar-refractivity contribution in [1.82, 2.24) is 4.90 Å². The maximum absolute atomic E-state index is 12.6. The van der Waals surface area contributed by atoms with Crippen molar-refractivity contribution in [3.63, 3.8) is 0 Å². The van der Waals surface area contributed by atoms with Crippen LogP contribution in [0.25, 0.3) is 10.8 Å². The number of likely N-dealkylation sites (N-methyl/N-ethyl adjacent to an activating group) is 1. The fraction of sp³-hybridized carbons (Fsp3) is 0.333. The fourth-order valence-electron chi connectivity index (χ4n) is 4.22. The molecule has 0 saturated carbocycles. The first kappa shape index (κ1) is 22.9. The highest BCUT2D eigenvalue weighted by atomic mass is 35.5. The Hall–Kier alpha value is -2.32. The second-order valence-corrected chi connectivity index (χ2v) is 9.35. The Morgan fingerprint density at radius 1 is 1.09 bits per heavy atom. The molecule has 0 amide bonds. The van der Waals surface area contributed by atoms with E-state index >= 15 is 0 Å². The predicted molar refractivity (Wildman–Crippen MR) is 131 cm³/mol. The summed E-state index contributed by atoms with van der Waals surface area (Å²) in [6, 6.07) is 17.3. The van der Waals surface area contributed by atoms with Gasteiger partial charge in [-0.2, -0.15) is 0 Å². The maximum atomic E-state index is 12.6. The molecule has 0 spiro atoms. The lowest BCUT2D eigenvalue weighted by atomic mass is 9.96. The van der Waals surface area contributed by atoms with Crippen LogP contribution < -0.4 is 15.4 Å². The first-order valence-electron chi connectivity index (χ1n) is 10.6. The van der Waals surface area contributed by atoms with Gasteiger partial charge in [0.05, 0.1) is 16.8 Å². The highest BCUT2D eigenvalue weighted by molar-refractivity contribution is 7.79. The van der Waals surface area contributed by atoms with Gasteiger partial charge in [-0.3, -0.25) is 4.21 Å². The molecule has 0 aliphatic carbocycles. The SMILES string of the molecule is CN1CCN(c2cc(OCCCl)c(N)c(C(c3cccc4ccccc34)S(=O)[O-])c2)CC1. The van der Waals surface area contributed by atoms with Crippen LogP contribution in [0.15, 0.2) is 54.6 Å². The van der Waals surface area contributed by atoms with Crippen molar-refractivity contribution in [3.05, 3.63) is 65.7 Å². The summed E-state index contributed by atoms with van der Waals surface area (Å²) < 4.78 is 31.1. The number of anilines is 2. The zero-order valence-electron chi connectivity index (χ0n) is 18.0. The van der Waals surface area contributed by atoms with Gasteiger partial charge in [0.25, 0.3) is 0 Å². The molecule has 0 aromatic heterocycles. The van der Waals surface area contributed by atoms with Gasteiger partial charge in [0.15, 0.2) is 0 Å². The van der Waals surface area contributed by atoms with E-state index in [4.69, 9.17) is 22.1 Å². The Morgan fingerprint density at radius 2 is 1.81 bits per heavy atom. The highest BCUT2D eigenvalue weighted by Gasteiger charge is 2.25. The van der Waals surface area contributed by atoms with E-state index in [0.29, 0.717) is 28.4 Å². The van der Waals surface area contributed by atoms with Gasteiger partial charge in [-0.05, 0) is 46.1 Å². The van der Waals surface area contributed by atoms with E-state index in [-0.39, 0.29) is 6.61 Å². The van der Waals surface area contributed by atoms with Crippen LogP contribution in [-0.4, -0.2) is 59.4 Å². The van der Waals surface area contributed by atoms with Crippen LogP contribution in [0.4, 0.5) is 11.4 Å². The Balaban J connectivity index is 1.86. The summed E-state index contributed by atoms with van der Waals surface area (Å²) in [4.78, 5) is 4.51. The van der Waals surface area contributed by atoms with Crippen molar-refractivity contribution in [2.75, 3.05) is 56.3 Å². The molecule has 1 saturated heterocycles. The molecular weight excluding hydrogens is 446 g/mol. The van der Waals surface area contributed by atoms with Crippen molar-refractivity contribution >= 4 is 44.8 Å². The number of alkyl halides is 1. The third-order valence-corrected chi connectivity index (χ3v) is 6.99. The number of piperazine rings is 1. The second kappa shape index (κ2) is 10.1. The molecule has 170 valence electrons. The number of benzene rings is 3. The Bertz CT molecular complexity index is 1110. The first-order chi connectivity index (χ1) is 15.5. The highest BCUT2D eigenvalue weighted by Crippen LogP contribution is 2.41. The second-order valence-electron chi connectivity index (χ2n) is 7.98. The number of nitrogens with zero attached hydrogens (tertiary/aromatic N) is 2. The van der Waals surface area contributed by atoms with E-state index in [9.17, 15) is 8.76 Å². The van der Waals surface area contributed by atoms with Crippen molar-refractivity contribution < 1.29 is 13.5 Å². The van der Waals surface area contributed by atoms with Crippen LogP contribution in [0.3, 0.4) is 0 Å². The number of nitrogen functional groups attached to an aromatic ring is 1. The summed E-state index contributed by atoms with van der Waals surface area (Å²) in [6.45, 7) is 3.83. The molecule has 6 nitrogen and oxygen atoms in total. The third kappa shape index (κ3) is 4.71. The van der Waals surface area contributed by atoms with Crippen LogP contribution in [0.2, 0.25) is 0 Å². The Labute approximate surface area is 196 Å². The van der Waals surface area contributed by atoms with Crippen molar-refractivity contribution in [1.29, 1.82) is 0 Å². The van der Waals surface area contributed by atoms with Gasteiger partial charge in [-0.15, -0.1) is 11.6 Å². The largest absolute Gasteiger partial charge is 0.772 e. The molecule has 2 unspecified atom stereocenters. The van der Waals surface area contributed by atoms with Gasteiger partial charge in [-0.25, -0.2) is 0 Å². The molecular formula is C24H27ClN3O3S-. The van der Waals surface area contributed by atoms with E-state index in [1.807, 2.05) is 54.6 Å². The van der Waals surface area contributed by atoms with Crippen molar-refractivity contribution in [2.24, 2.45) is 0 Å². The molecule has 2 atom stereocenters. The van der Waals surface area contributed by atoms with Gasteiger partial charge >= 0.3 is 0 Å². The third-order valence-electron chi connectivity index (χ3n) is 5.94. The summed E-state index contributed by atoms with van der Waals surface area (Å²) in [6.07, 6.45) is 0. The number of nitrogens with two attached hydrogens (primary N) is 1. The molecule has 4 rings (SSSR count). The van der Waals surface area contributed by atoms with Crippen LogP contribution in [0, 0.1) is 0 Å². The summed E-state index contributed by atoms with van der Waals surface area (Å²) >= 11 is 3.40. The minimum Gasteiger partial charge on any atom is -0.772 e. The number of hydrogen-bond acceptors (Lipinski definition) is 6. The smallest absolute Gasteiger partial charge is 0.144 e. The fourth-order valence-corrected chi connectivity index (χ4v) is 5.11. The lowest BCUT2D eigenvalue weighted by Gasteiger charge is -2.35. The molecule has 3 aromatic carbocycles. The molecule has 0 bridgehead atoms. The van der Waals surface area contributed by atoms with Crippen LogP contribution in [0.1, 0.15) is 16.4 Å². The van der Waals surface area contributed by atoms with Gasteiger partial charge < -0.3 is 24.8 Å². The number of ether oxygens (including phenoxy) is 1.